The molecule has 0 unspecified atom stereocenters. The van der Waals surface area contributed by atoms with Gasteiger partial charge in [0.25, 0.3) is 0 Å². The second kappa shape index (κ2) is 20.4. The van der Waals surface area contributed by atoms with Crippen molar-refractivity contribution < 1.29 is 52.7 Å². The van der Waals surface area contributed by atoms with E-state index in [1.165, 1.54) is 24.3 Å². The molecule has 0 saturated heterocycles. The quantitative estimate of drug-likeness (QED) is 0.142. The maximum absolute atomic E-state index is 14.8. The molecule has 0 aliphatic carbocycles. The normalized spacial score (nSPS) is 12.4. The van der Waals surface area contributed by atoms with Gasteiger partial charge in [0.1, 0.15) is 0 Å². The predicted octanol–water partition coefficient (Wildman–Crippen LogP) is 20.0. The summed E-state index contributed by atoms with van der Waals surface area (Å²) in [4.78, 5) is 14.9. The average Bonchev–Trinajstić information content (AvgIpc) is 1.59. The Hall–Kier alpha value is -10.5. The fourth-order valence-electron chi connectivity index (χ4n) is 11.3. The van der Waals surface area contributed by atoms with Gasteiger partial charge in [-0.15, -0.1) is 0 Å². The van der Waals surface area contributed by atoms with Gasteiger partial charge in [-0.25, -0.2) is 15.0 Å². The van der Waals surface area contributed by atoms with Crippen molar-refractivity contribution in [3.63, 3.8) is 0 Å². The van der Waals surface area contributed by atoms with E-state index in [0.29, 0.717) is 107 Å². The SMILES string of the molecule is N#Cc1ccc(-n2c3ccccc3c3cc(-c4ccc(C(F)(F)F)cc4C(F)(F)F)ccc32)c(-c2ccc(-c3nc(-c4ccccc4)nc(-c4ccccc4)n3)cc2-n2c3ccccc3c3cc(-c4ccc(C(F)(F)F)cc4C(F)(F)F)ccc32)c1. The van der Waals surface area contributed by atoms with Crippen molar-refractivity contribution >= 4 is 43.6 Å². The van der Waals surface area contributed by atoms with Crippen molar-refractivity contribution in [1.29, 1.82) is 5.26 Å². The van der Waals surface area contributed by atoms with E-state index in [-0.39, 0.29) is 34.6 Å². The molecule has 10 aromatic carbocycles. The van der Waals surface area contributed by atoms with Gasteiger partial charge in [-0.2, -0.15) is 57.9 Å². The Labute approximate surface area is 479 Å². The van der Waals surface area contributed by atoms with Crippen molar-refractivity contribution in [3.05, 3.63) is 246 Å². The van der Waals surface area contributed by atoms with Gasteiger partial charge in [-0.05, 0) is 107 Å². The zero-order valence-corrected chi connectivity index (χ0v) is 44.0. The molecule has 86 heavy (non-hydrogen) atoms. The van der Waals surface area contributed by atoms with E-state index in [9.17, 15) is 57.9 Å². The lowest BCUT2D eigenvalue weighted by atomic mass is 9.95. The molecule has 0 spiro atoms. The lowest BCUT2D eigenvalue weighted by Crippen LogP contribution is -2.12. The Morgan fingerprint density at radius 3 is 1.16 bits per heavy atom. The van der Waals surface area contributed by atoms with Crippen molar-refractivity contribution in [2.24, 2.45) is 0 Å². The molecule has 18 heteroatoms. The summed E-state index contributed by atoms with van der Waals surface area (Å²) in [5, 5.41) is 12.6. The monoisotopic (exact) mass is 1160 g/mol. The van der Waals surface area contributed by atoms with Crippen molar-refractivity contribution in [1.82, 2.24) is 24.1 Å². The molecule has 3 aromatic heterocycles. The van der Waals surface area contributed by atoms with E-state index in [2.05, 4.69) is 6.07 Å². The molecule has 0 atom stereocenters. The minimum absolute atomic E-state index is 0.00831. The van der Waals surface area contributed by atoms with Crippen molar-refractivity contribution in [3.8, 4) is 85.0 Å². The van der Waals surface area contributed by atoms with Gasteiger partial charge in [0, 0.05) is 49.4 Å². The minimum Gasteiger partial charge on any atom is -0.309 e. The number of aromatic nitrogens is 5. The van der Waals surface area contributed by atoms with Crippen LogP contribution in [0.25, 0.3) is 123 Å². The second-order valence-electron chi connectivity index (χ2n) is 20.3. The topological polar surface area (TPSA) is 72.3 Å². The van der Waals surface area contributed by atoms with E-state index in [1.807, 2.05) is 75.9 Å². The lowest BCUT2D eigenvalue weighted by molar-refractivity contribution is -0.144. The van der Waals surface area contributed by atoms with Crippen LogP contribution in [0.5, 0.6) is 0 Å². The van der Waals surface area contributed by atoms with Gasteiger partial charge in [0.05, 0.1) is 67.3 Å². The van der Waals surface area contributed by atoms with Crippen LogP contribution in [0, 0.1) is 11.3 Å². The molecule has 3 heterocycles. The van der Waals surface area contributed by atoms with Crippen LogP contribution < -0.4 is 0 Å². The first-order valence-electron chi connectivity index (χ1n) is 26.3. The van der Waals surface area contributed by atoms with Crippen LogP contribution in [0.3, 0.4) is 0 Å². The smallest absolute Gasteiger partial charge is 0.309 e. The van der Waals surface area contributed by atoms with Gasteiger partial charge in [-0.1, -0.05) is 133 Å². The van der Waals surface area contributed by atoms with E-state index in [4.69, 9.17) is 15.0 Å². The molecule has 13 aromatic rings. The zero-order valence-electron chi connectivity index (χ0n) is 44.0. The first-order valence-corrected chi connectivity index (χ1v) is 26.3. The van der Waals surface area contributed by atoms with E-state index < -0.39 is 58.1 Å². The molecule has 0 N–H and O–H groups in total. The molecule has 0 aliphatic rings. The number of nitriles is 1. The fourth-order valence-corrected chi connectivity index (χ4v) is 11.3. The molecule has 0 fully saturated rings. The highest BCUT2D eigenvalue weighted by molar-refractivity contribution is 6.13. The van der Waals surface area contributed by atoms with E-state index in [0.717, 1.165) is 12.1 Å². The molecular formula is C68H36F12N6. The van der Waals surface area contributed by atoms with Crippen LogP contribution in [0.2, 0.25) is 0 Å². The van der Waals surface area contributed by atoms with Gasteiger partial charge in [0.15, 0.2) is 17.5 Å². The van der Waals surface area contributed by atoms with Gasteiger partial charge < -0.3 is 9.13 Å². The number of alkyl halides is 12. The van der Waals surface area contributed by atoms with Gasteiger partial charge in [-0.3, -0.25) is 0 Å². The zero-order chi connectivity index (χ0) is 60.0. The summed E-state index contributed by atoms with van der Waals surface area (Å²) in [6.45, 7) is 0. The lowest BCUT2D eigenvalue weighted by Gasteiger charge is -2.20. The largest absolute Gasteiger partial charge is 0.417 e. The van der Waals surface area contributed by atoms with E-state index in [1.54, 1.807) is 91.0 Å². The van der Waals surface area contributed by atoms with Crippen LogP contribution in [-0.2, 0) is 24.7 Å². The Balaban J connectivity index is 1.08. The molecule has 0 radical (unpaired) electrons. The molecule has 6 nitrogen and oxygen atoms in total. The number of benzene rings is 10. The number of para-hydroxylation sites is 2. The van der Waals surface area contributed by atoms with E-state index >= 15 is 0 Å². The molecule has 0 amide bonds. The Bertz CT molecular complexity index is 4840. The average molecular weight is 1170 g/mol. The summed E-state index contributed by atoms with van der Waals surface area (Å²) in [7, 11) is 0. The summed E-state index contributed by atoms with van der Waals surface area (Å²) < 4.78 is 175. The molecule has 0 saturated carbocycles. The standard InChI is InChI=1S/C68H36F12N6/c69-65(70,71)44-23-26-46(54(35-44)67(75,76)77)41-21-29-59-52(32-41)48-15-7-9-17-56(48)85(59)58-28-19-38(37-81)31-51(58)50-25-20-43(64-83-62(39-11-3-1-4-12-39)82-63(84-64)40-13-5-2-6-14-40)34-61(50)86-57-18-10-8-16-49(57)53-33-42(22-30-60(53)86)47-27-24-45(66(72,73)74)36-55(47)68(78,79)80/h1-36H. The third-order valence-electron chi connectivity index (χ3n) is 15.1. The number of halogens is 12. The van der Waals surface area contributed by atoms with Gasteiger partial charge >= 0.3 is 24.7 Å². The third kappa shape index (κ3) is 9.69. The number of fused-ring (bicyclic) bond motifs is 6. The fraction of sp³-hybridized carbons (Fsp3) is 0.0588. The molecular weight excluding hydrogens is 1130 g/mol. The minimum atomic E-state index is -5.18. The Morgan fingerprint density at radius 2 is 0.709 bits per heavy atom. The number of nitrogens with zero attached hydrogens (tertiary/aromatic N) is 6. The second-order valence-corrected chi connectivity index (χ2v) is 20.3. The highest BCUT2D eigenvalue weighted by Gasteiger charge is 2.40. The Morgan fingerprint density at radius 1 is 0.302 bits per heavy atom. The third-order valence-corrected chi connectivity index (χ3v) is 15.1. The Kier molecular flexibility index (Phi) is 13.0. The number of hydrogen-bond donors (Lipinski definition) is 0. The maximum atomic E-state index is 14.8. The van der Waals surface area contributed by atoms with Crippen LogP contribution in [0.15, 0.2) is 218 Å². The summed E-state index contributed by atoms with van der Waals surface area (Å²) in [5.41, 5.74) is -1.02. The van der Waals surface area contributed by atoms with Crippen molar-refractivity contribution in [2.45, 2.75) is 24.7 Å². The predicted molar refractivity (Wildman–Crippen MR) is 306 cm³/mol. The first-order chi connectivity index (χ1) is 41.1. The molecule has 0 bridgehead atoms. The highest BCUT2D eigenvalue weighted by atomic mass is 19.4. The number of hydrogen-bond acceptors (Lipinski definition) is 4. The summed E-state index contributed by atoms with van der Waals surface area (Å²) in [6.07, 6.45) is -20.5. The first kappa shape index (κ1) is 54.7. The van der Waals surface area contributed by atoms with Crippen LogP contribution in [-0.4, -0.2) is 24.1 Å². The summed E-state index contributed by atoms with van der Waals surface area (Å²) >= 11 is 0. The number of rotatable bonds is 8. The van der Waals surface area contributed by atoms with Crippen LogP contribution in [0.1, 0.15) is 27.8 Å². The van der Waals surface area contributed by atoms with Crippen molar-refractivity contribution in [2.75, 3.05) is 0 Å². The maximum Gasteiger partial charge on any atom is 0.417 e. The summed E-state index contributed by atoms with van der Waals surface area (Å²) in [5.74, 6) is 0.927. The molecule has 13 rings (SSSR count). The highest BCUT2D eigenvalue weighted by Crippen LogP contribution is 2.48. The van der Waals surface area contributed by atoms with Gasteiger partial charge in [0.2, 0.25) is 0 Å². The molecule has 0 aliphatic heterocycles. The van der Waals surface area contributed by atoms with Crippen LogP contribution >= 0.6 is 0 Å². The van der Waals surface area contributed by atoms with Crippen LogP contribution in [0.4, 0.5) is 52.7 Å². The summed E-state index contributed by atoms with van der Waals surface area (Å²) in [6, 6.07) is 57.2. The molecule has 422 valence electrons.